The minimum absolute atomic E-state index is 0.00253. The van der Waals surface area contributed by atoms with Gasteiger partial charge in [-0.25, -0.2) is 18.7 Å². The maximum atomic E-state index is 15.9. The summed E-state index contributed by atoms with van der Waals surface area (Å²) in [6.07, 6.45) is 5.29. The summed E-state index contributed by atoms with van der Waals surface area (Å²) in [4.78, 5) is 14.0. The fourth-order valence-electron chi connectivity index (χ4n) is 5.22. The quantitative estimate of drug-likeness (QED) is 0.212. The van der Waals surface area contributed by atoms with E-state index in [1.165, 1.54) is 30.8 Å². The minimum Gasteiger partial charge on any atom is -0.461 e. The first-order valence-corrected chi connectivity index (χ1v) is 12.1. The molecular formula is C29H20F2N4O4. The van der Waals surface area contributed by atoms with Crippen LogP contribution in [0.5, 0.6) is 0 Å². The van der Waals surface area contributed by atoms with Gasteiger partial charge < -0.3 is 29.0 Å². The Bertz CT molecular complexity index is 1990. The first kappa shape index (κ1) is 23.3. The Balaban J connectivity index is 1.47. The highest BCUT2D eigenvalue weighted by molar-refractivity contribution is 6.08. The molecule has 0 bridgehead atoms. The summed E-state index contributed by atoms with van der Waals surface area (Å²) in [5.74, 6) is -0.615. The Labute approximate surface area is 218 Å². The van der Waals surface area contributed by atoms with Gasteiger partial charge in [0.2, 0.25) is 0 Å². The number of hydrogen-bond acceptors (Lipinski definition) is 6. The summed E-state index contributed by atoms with van der Waals surface area (Å²) in [7, 11) is 0. The highest BCUT2D eigenvalue weighted by Gasteiger charge is 2.26. The van der Waals surface area contributed by atoms with Crippen LogP contribution in [0, 0.1) is 18.6 Å². The molecule has 7 rings (SSSR count). The van der Waals surface area contributed by atoms with Crippen molar-refractivity contribution in [3.05, 3.63) is 107 Å². The van der Waals surface area contributed by atoms with Crippen molar-refractivity contribution >= 4 is 32.9 Å². The second-order valence-corrected chi connectivity index (χ2v) is 9.36. The van der Waals surface area contributed by atoms with Gasteiger partial charge in [-0.1, -0.05) is 12.1 Å². The number of imidazole rings is 2. The van der Waals surface area contributed by atoms with E-state index >= 15 is 4.39 Å². The van der Waals surface area contributed by atoms with E-state index in [4.69, 9.17) is 8.83 Å². The van der Waals surface area contributed by atoms with E-state index in [0.29, 0.717) is 49.8 Å². The van der Waals surface area contributed by atoms with Crippen molar-refractivity contribution in [2.45, 2.75) is 19.1 Å². The average Bonchev–Trinajstić information content (AvgIpc) is 3.76. The molecule has 0 fully saturated rings. The highest BCUT2D eigenvalue weighted by atomic mass is 19.1. The molecule has 39 heavy (non-hydrogen) atoms. The number of hydrogen-bond donors (Lipinski definition) is 4. The van der Waals surface area contributed by atoms with Gasteiger partial charge in [-0.2, -0.15) is 0 Å². The maximum Gasteiger partial charge on any atom is 0.174 e. The lowest BCUT2D eigenvalue weighted by atomic mass is 9.93. The number of furan rings is 2. The molecule has 0 aliphatic heterocycles. The van der Waals surface area contributed by atoms with E-state index in [9.17, 15) is 14.6 Å². The third-order valence-corrected chi connectivity index (χ3v) is 7.06. The minimum atomic E-state index is -1.18. The third-order valence-electron chi connectivity index (χ3n) is 7.06. The number of aromatic amines is 2. The molecule has 194 valence electrons. The van der Waals surface area contributed by atoms with Crippen LogP contribution in [0.1, 0.15) is 40.5 Å². The predicted octanol–water partition coefficient (Wildman–Crippen LogP) is 6.20. The van der Waals surface area contributed by atoms with Crippen LogP contribution < -0.4 is 0 Å². The van der Waals surface area contributed by atoms with Crippen LogP contribution in [-0.4, -0.2) is 30.1 Å². The Kier molecular flexibility index (Phi) is 5.15. The Morgan fingerprint density at radius 2 is 1.56 bits per heavy atom. The van der Waals surface area contributed by atoms with Crippen LogP contribution >= 0.6 is 0 Å². The van der Waals surface area contributed by atoms with Gasteiger partial charge in [0.1, 0.15) is 29.4 Å². The van der Waals surface area contributed by atoms with E-state index in [-0.39, 0.29) is 22.6 Å². The summed E-state index contributed by atoms with van der Waals surface area (Å²) < 4.78 is 42.1. The number of aliphatic hydroxyl groups is 2. The second kappa shape index (κ2) is 8.62. The molecule has 7 aromatic rings. The lowest BCUT2D eigenvalue weighted by molar-refractivity contribution is 0.212. The predicted molar refractivity (Wildman–Crippen MR) is 139 cm³/mol. The Morgan fingerprint density at radius 3 is 2.26 bits per heavy atom. The summed E-state index contributed by atoms with van der Waals surface area (Å²) in [5.41, 5.74) is 2.40. The number of halogens is 2. The summed E-state index contributed by atoms with van der Waals surface area (Å²) in [6.45, 7) is 1.77. The van der Waals surface area contributed by atoms with Crippen molar-refractivity contribution in [1.29, 1.82) is 0 Å². The van der Waals surface area contributed by atoms with E-state index in [1.807, 2.05) is 0 Å². The van der Waals surface area contributed by atoms with Gasteiger partial charge in [-0.15, -0.1) is 0 Å². The van der Waals surface area contributed by atoms with Crippen molar-refractivity contribution in [3.63, 3.8) is 0 Å². The number of nitrogens with one attached hydrogen (secondary N) is 2. The van der Waals surface area contributed by atoms with Gasteiger partial charge in [-0.3, -0.25) is 0 Å². The highest BCUT2D eigenvalue weighted by Crippen LogP contribution is 2.42. The number of nitrogens with zero attached hydrogens (tertiary/aromatic N) is 2. The summed E-state index contributed by atoms with van der Waals surface area (Å²) in [6, 6.07) is 9.20. The molecule has 2 unspecified atom stereocenters. The fraction of sp³-hybridized carbons (Fsp3) is 0.103. The molecule has 4 heterocycles. The van der Waals surface area contributed by atoms with Gasteiger partial charge in [0.15, 0.2) is 22.8 Å². The van der Waals surface area contributed by atoms with Crippen molar-refractivity contribution < 1.29 is 27.8 Å². The Morgan fingerprint density at radius 1 is 0.846 bits per heavy atom. The van der Waals surface area contributed by atoms with Crippen molar-refractivity contribution in [1.82, 2.24) is 19.9 Å². The number of aromatic nitrogens is 4. The third kappa shape index (κ3) is 3.49. The molecule has 10 heteroatoms. The molecule has 8 nitrogen and oxygen atoms in total. The molecule has 3 aromatic carbocycles. The van der Waals surface area contributed by atoms with Crippen molar-refractivity contribution in [3.8, 4) is 11.1 Å². The van der Waals surface area contributed by atoms with Crippen LogP contribution in [-0.2, 0) is 0 Å². The smallest absolute Gasteiger partial charge is 0.174 e. The SMILES string of the molecule is Cc1coc2c(F)c(-c3ccc4oc5c(F)ccc(C(O)c6ncc[nH]6)c5c4c3)cc(C(O)c3ncc[nH]3)c12. The van der Waals surface area contributed by atoms with Gasteiger partial charge >= 0.3 is 0 Å². The van der Waals surface area contributed by atoms with Crippen LogP contribution in [0.3, 0.4) is 0 Å². The van der Waals surface area contributed by atoms with Gasteiger partial charge in [0, 0.05) is 52.1 Å². The van der Waals surface area contributed by atoms with E-state index in [1.54, 1.807) is 43.6 Å². The summed E-state index contributed by atoms with van der Waals surface area (Å²) >= 11 is 0. The Hall–Kier alpha value is -4.80. The van der Waals surface area contributed by atoms with Crippen LogP contribution in [0.25, 0.3) is 44.0 Å². The monoisotopic (exact) mass is 526 g/mol. The lowest BCUT2D eigenvalue weighted by Crippen LogP contribution is -2.04. The van der Waals surface area contributed by atoms with E-state index in [0.717, 1.165) is 0 Å². The standard InChI is InChI=1S/C29H20F2N4O4/c1-13-12-38-27-21(13)18(25(37)29-34-8-9-35-29)11-16(23(27)31)14-2-5-20-17(10-14)22-15(3-4-19(30)26(22)39-20)24(36)28-32-6-7-33-28/h2-12,24-25,36-37H,1H3,(H,32,33)(H,34,35). The van der Waals surface area contributed by atoms with Crippen LogP contribution in [0.2, 0.25) is 0 Å². The zero-order valence-electron chi connectivity index (χ0n) is 20.4. The summed E-state index contributed by atoms with van der Waals surface area (Å²) in [5, 5.41) is 23.4. The molecule has 4 N–H and O–H groups in total. The molecule has 4 aromatic heterocycles. The number of aliphatic hydroxyl groups excluding tert-OH is 2. The van der Waals surface area contributed by atoms with Crippen molar-refractivity contribution in [2.75, 3.05) is 0 Å². The number of fused-ring (bicyclic) bond motifs is 4. The number of rotatable bonds is 5. The molecular weight excluding hydrogens is 506 g/mol. The molecule has 0 aliphatic rings. The molecule has 0 amide bonds. The topological polar surface area (TPSA) is 124 Å². The largest absolute Gasteiger partial charge is 0.461 e. The zero-order chi connectivity index (χ0) is 26.8. The van der Waals surface area contributed by atoms with Gasteiger partial charge in [-0.05, 0) is 47.9 Å². The van der Waals surface area contributed by atoms with Gasteiger partial charge in [0.05, 0.1) is 6.26 Å². The first-order chi connectivity index (χ1) is 18.9. The molecule has 0 saturated carbocycles. The molecule has 0 aliphatic carbocycles. The van der Waals surface area contributed by atoms with Gasteiger partial charge in [0.25, 0.3) is 0 Å². The fourth-order valence-corrected chi connectivity index (χ4v) is 5.22. The van der Waals surface area contributed by atoms with Crippen LogP contribution in [0.15, 0.2) is 76.3 Å². The van der Waals surface area contributed by atoms with Crippen LogP contribution in [0.4, 0.5) is 8.78 Å². The van der Waals surface area contributed by atoms with Crippen molar-refractivity contribution in [2.24, 2.45) is 0 Å². The van der Waals surface area contributed by atoms with E-state index in [2.05, 4.69) is 19.9 Å². The van der Waals surface area contributed by atoms with E-state index < -0.39 is 23.8 Å². The second-order valence-electron chi connectivity index (χ2n) is 9.36. The molecule has 2 atom stereocenters. The zero-order valence-corrected chi connectivity index (χ0v) is 20.4. The maximum absolute atomic E-state index is 15.9. The lowest BCUT2D eigenvalue weighted by Gasteiger charge is -2.14. The average molecular weight is 526 g/mol. The molecule has 0 saturated heterocycles. The molecule has 0 radical (unpaired) electrons. The number of benzene rings is 3. The number of H-pyrrole nitrogens is 2. The number of aryl methyl sites for hydroxylation is 1. The normalized spacial score (nSPS) is 13.6. The molecule has 0 spiro atoms. The first-order valence-electron chi connectivity index (χ1n) is 12.1.